The SMILES string of the molecule is COc1ccc(Cn2ccc[n+]2Cc2ccc(OC)cc2)cc1. The summed E-state index contributed by atoms with van der Waals surface area (Å²) in [4.78, 5) is 0. The van der Waals surface area contributed by atoms with E-state index < -0.39 is 0 Å². The molecule has 0 saturated carbocycles. The van der Waals surface area contributed by atoms with Crippen LogP contribution in [0.15, 0.2) is 67.0 Å². The highest BCUT2D eigenvalue weighted by molar-refractivity contribution is 5.27. The van der Waals surface area contributed by atoms with E-state index >= 15 is 0 Å². The molecule has 118 valence electrons. The molecule has 0 bridgehead atoms. The zero-order chi connectivity index (χ0) is 16.1. The Labute approximate surface area is 136 Å². The third kappa shape index (κ3) is 3.72. The summed E-state index contributed by atoms with van der Waals surface area (Å²) in [5, 5.41) is 0. The van der Waals surface area contributed by atoms with Crippen LogP contribution < -0.4 is 14.2 Å². The van der Waals surface area contributed by atoms with Gasteiger partial charge < -0.3 is 9.47 Å². The number of rotatable bonds is 6. The number of hydrogen-bond donors (Lipinski definition) is 0. The van der Waals surface area contributed by atoms with Gasteiger partial charge in [-0.05, 0) is 42.0 Å². The molecule has 0 amide bonds. The van der Waals surface area contributed by atoms with Gasteiger partial charge in [-0.1, -0.05) is 12.1 Å². The molecule has 0 atom stereocenters. The van der Waals surface area contributed by atoms with Crippen molar-refractivity contribution in [3.63, 3.8) is 0 Å². The fourth-order valence-electron chi connectivity index (χ4n) is 2.53. The van der Waals surface area contributed by atoms with Crippen LogP contribution >= 0.6 is 0 Å². The van der Waals surface area contributed by atoms with E-state index in [1.807, 2.05) is 24.3 Å². The summed E-state index contributed by atoms with van der Waals surface area (Å²) < 4.78 is 14.8. The Bertz CT molecular complexity index is 682. The maximum absolute atomic E-state index is 5.20. The zero-order valence-electron chi connectivity index (χ0n) is 13.5. The van der Waals surface area contributed by atoms with Gasteiger partial charge in [0.05, 0.1) is 20.4 Å². The van der Waals surface area contributed by atoms with E-state index in [-0.39, 0.29) is 0 Å². The quantitative estimate of drug-likeness (QED) is 0.655. The molecule has 0 saturated heterocycles. The number of nitrogens with zero attached hydrogens (tertiary/aromatic N) is 2. The first kappa shape index (κ1) is 15.2. The Hall–Kier alpha value is -2.75. The second-order valence-corrected chi connectivity index (χ2v) is 5.38. The van der Waals surface area contributed by atoms with Crippen molar-refractivity contribution in [2.24, 2.45) is 0 Å². The summed E-state index contributed by atoms with van der Waals surface area (Å²) >= 11 is 0. The molecule has 0 aliphatic heterocycles. The normalized spacial score (nSPS) is 10.5. The van der Waals surface area contributed by atoms with Gasteiger partial charge in [0.25, 0.3) is 0 Å². The smallest absolute Gasteiger partial charge is 0.197 e. The van der Waals surface area contributed by atoms with Crippen LogP contribution in [0.2, 0.25) is 0 Å². The predicted octanol–water partition coefficient (Wildman–Crippen LogP) is 2.89. The van der Waals surface area contributed by atoms with Crippen LogP contribution in [0.25, 0.3) is 0 Å². The van der Waals surface area contributed by atoms with Gasteiger partial charge in [-0.25, -0.2) is 0 Å². The molecule has 4 nitrogen and oxygen atoms in total. The van der Waals surface area contributed by atoms with Gasteiger partial charge >= 0.3 is 0 Å². The molecule has 0 aliphatic rings. The molecule has 1 heterocycles. The van der Waals surface area contributed by atoms with E-state index in [0.717, 1.165) is 24.6 Å². The van der Waals surface area contributed by atoms with Crippen LogP contribution in [0.4, 0.5) is 0 Å². The average molecular weight is 309 g/mol. The van der Waals surface area contributed by atoms with E-state index in [9.17, 15) is 0 Å². The number of hydrogen-bond acceptors (Lipinski definition) is 2. The second kappa shape index (κ2) is 7.01. The summed E-state index contributed by atoms with van der Waals surface area (Å²) in [6, 6.07) is 18.4. The van der Waals surface area contributed by atoms with Crippen molar-refractivity contribution in [2.75, 3.05) is 14.2 Å². The van der Waals surface area contributed by atoms with Crippen molar-refractivity contribution in [3.8, 4) is 11.5 Å². The first-order chi connectivity index (χ1) is 11.3. The van der Waals surface area contributed by atoms with Crippen molar-refractivity contribution in [3.05, 3.63) is 78.1 Å². The lowest BCUT2D eigenvalue weighted by Crippen LogP contribution is -2.43. The molecule has 3 aromatic rings. The number of methoxy groups -OCH3 is 2. The van der Waals surface area contributed by atoms with Crippen LogP contribution in [0.5, 0.6) is 11.5 Å². The summed E-state index contributed by atoms with van der Waals surface area (Å²) in [6.45, 7) is 1.65. The molecule has 0 aliphatic carbocycles. The lowest BCUT2D eigenvalue weighted by Gasteiger charge is -2.06. The Morgan fingerprint density at radius 3 is 1.96 bits per heavy atom. The minimum absolute atomic E-state index is 0.827. The average Bonchev–Trinajstić information content (AvgIpc) is 3.03. The molecule has 1 aromatic heterocycles. The van der Waals surface area contributed by atoms with Gasteiger partial charge in [-0.15, -0.1) is 4.68 Å². The van der Waals surface area contributed by atoms with Crippen LogP contribution in [-0.2, 0) is 13.1 Å². The Morgan fingerprint density at radius 2 is 1.39 bits per heavy atom. The first-order valence-electron chi connectivity index (χ1n) is 7.59. The third-order valence-corrected chi connectivity index (χ3v) is 3.85. The molecule has 0 spiro atoms. The maximum atomic E-state index is 5.20. The summed E-state index contributed by atoms with van der Waals surface area (Å²) in [7, 11) is 3.37. The molecule has 0 radical (unpaired) electrons. The minimum Gasteiger partial charge on any atom is -0.497 e. The fourth-order valence-corrected chi connectivity index (χ4v) is 2.53. The summed E-state index contributed by atoms with van der Waals surface area (Å²) in [5.41, 5.74) is 2.48. The topological polar surface area (TPSA) is 27.3 Å². The van der Waals surface area contributed by atoms with Crippen molar-refractivity contribution < 1.29 is 14.2 Å². The molecular formula is C19H21N2O2+. The van der Waals surface area contributed by atoms with Gasteiger partial charge in [-0.2, -0.15) is 4.68 Å². The molecule has 3 rings (SSSR count). The molecular weight excluding hydrogens is 288 g/mol. The summed E-state index contributed by atoms with van der Waals surface area (Å²) in [5.74, 6) is 1.76. The Kier molecular flexibility index (Phi) is 4.62. The van der Waals surface area contributed by atoms with Crippen molar-refractivity contribution in [2.45, 2.75) is 13.1 Å². The van der Waals surface area contributed by atoms with Gasteiger partial charge in [-0.3, -0.25) is 0 Å². The van der Waals surface area contributed by atoms with Gasteiger partial charge in [0, 0.05) is 11.6 Å². The van der Waals surface area contributed by atoms with Crippen LogP contribution in [0.1, 0.15) is 11.1 Å². The first-order valence-corrected chi connectivity index (χ1v) is 7.59. The van der Waals surface area contributed by atoms with E-state index in [1.54, 1.807) is 14.2 Å². The number of benzene rings is 2. The Balaban J connectivity index is 1.73. The highest BCUT2D eigenvalue weighted by Crippen LogP contribution is 2.13. The summed E-state index contributed by atoms with van der Waals surface area (Å²) in [6.07, 6.45) is 4.18. The lowest BCUT2D eigenvalue weighted by atomic mass is 10.2. The fraction of sp³-hybridized carbons (Fsp3) is 0.211. The van der Waals surface area contributed by atoms with E-state index in [0.29, 0.717) is 0 Å². The standard InChI is InChI=1S/C19H21N2O2/c1-22-18-8-4-16(5-9-18)14-20-12-3-13-21(20)15-17-6-10-19(23-2)11-7-17/h3-13H,14-15H2,1-2H3/q+1. The largest absolute Gasteiger partial charge is 0.497 e. The van der Waals surface area contributed by atoms with E-state index in [1.165, 1.54) is 11.1 Å². The van der Waals surface area contributed by atoms with Crippen molar-refractivity contribution in [1.82, 2.24) is 4.68 Å². The highest BCUT2D eigenvalue weighted by Gasteiger charge is 2.10. The molecule has 23 heavy (non-hydrogen) atoms. The Morgan fingerprint density at radius 1 is 0.826 bits per heavy atom. The predicted molar refractivity (Wildman–Crippen MR) is 88.8 cm³/mol. The van der Waals surface area contributed by atoms with Crippen LogP contribution in [-0.4, -0.2) is 18.9 Å². The van der Waals surface area contributed by atoms with Gasteiger partial charge in [0.15, 0.2) is 12.7 Å². The second-order valence-electron chi connectivity index (χ2n) is 5.38. The van der Waals surface area contributed by atoms with Crippen LogP contribution in [0, 0.1) is 0 Å². The van der Waals surface area contributed by atoms with Crippen molar-refractivity contribution >= 4 is 0 Å². The highest BCUT2D eigenvalue weighted by atomic mass is 16.5. The monoisotopic (exact) mass is 309 g/mol. The van der Waals surface area contributed by atoms with Crippen LogP contribution in [0.3, 0.4) is 0 Å². The molecule has 2 aromatic carbocycles. The number of ether oxygens (including phenoxy) is 2. The van der Waals surface area contributed by atoms with E-state index in [2.05, 4.69) is 52.1 Å². The third-order valence-electron chi connectivity index (χ3n) is 3.85. The molecule has 0 unspecified atom stereocenters. The van der Waals surface area contributed by atoms with E-state index in [4.69, 9.17) is 9.47 Å². The molecule has 4 heteroatoms. The minimum atomic E-state index is 0.827. The number of aromatic nitrogens is 2. The zero-order valence-corrected chi connectivity index (χ0v) is 13.5. The van der Waals surface area contributed by atoms with Crippen molar-refractivity contribution in [1.29, 1.82) is 0 Å². The van der Waals surface area contributed by atoms with Gasteiger partial charge in [0.1, 0.15) is 18.0 Å². The molecule has 0 fully saturated rings. The lowest BCUT2D eigenvalue weighted by molar-refractivity contribution is -0.767. The molecule has 0 N–H and O–H groups in total. The maximum Gasteiger partial charge on any atom is 0.197 e. The van der Waals surface area contributed by atoms with Gasteiger partial charge in [0.2, 0.25) is 0 Å².